The lowest BCUT2D eigenvalue weighted by Crippen LogP contribution is -2.29. The average molecular weight is 232 g/mol. The van der Waals surface area contributed by atoms with E-state index in [2.05, 4.69) is 50.5 Å². The van der Waals surface area contributed by atoms with Gasteiger partial charge in [-0.1, -0.05) is 13.3 Å². The molecule has 15 heavy (non-hydrogen) atoms. The molecule has 2 nitrogen and oxygen atoms in total. The third-order valence-electron chi connectivity index (χ3n) is 2.67. The van der Waals surface area contributed by atoms with Crippen molar-refractivity contribution in [1.29, 1.82) is 0 Å². The van der Waals surface area contributed by atoms with E-state index in [4.69, 9.17) is 0 Å². The van der Waals surface area contributed by atoms with Gasteiger partial charge >= 0.3 is 0 Å². The molecular weight excluding hydrogens is 204 g/mol. The molecule has 0 aromatic heterocycles. The summed E-state index contributed by atoms with van der Waals surface area (Å²) < 4.78 is 0. The summed E-state index contributed by atoms with van der Waals surface area (Å²) in [6, 6.07) is 0. The van der Waals surface area contributed by atoms with Gasteiger partial charge in [-0.15, -0.1) is 0 Å². The van der Waals surface area contributed by atoms with Gasteiger partial charge in [0.25, 0.3) is 0 Å². The molecule has 92 valence electrons. The smallest absolute Gasteiger partial charge is 0.00144 e. The first-order chi connectivity index (χ1) is 7.10. The zero-order valence-electron chi connectivity index (χ0n) is 10.9. The van der Waals surface area contributed by atoms with E-state index in [1.807, 2.05) is 0 Å². The van der Waals surface area contributed by atoms with Crippen molar-refractivity contribution in [2.75, 3.05) is 46.5 Å². The fourth-order valence-electron chi connectivity index (χ4n) is 1.84. The molecule has 0 fully saturated rings. The molecule has 0 aromatic carbocycles. The lowest BCUT2D eigenvalue weighted by molar-refractivity contribution is 0.262. The first-order valence-corrected chi connectivity index (χ1v) is 6.67. The Labute approximate surface area is 101 Å². The lowest BCUT2D eigenvalue weighted by Gasteiger charge is -2.23. The van der Waals surface area contributed by atoms with Crippen molar-refractivity contribution in [3.63, 3.8) is 0 Å². The molecule has 0 N–H and O–H groups in total. The van der Waals surface area contributed by atoms with Gasteiger partial charge in [0.05, 0.1) is 0 Å². The van der Waals surface area contributed by atoms with Crippen LogP contribution in [0.1, 0.15) is 26.2 Å². The number of hydrogen-bond donors (Lipinski definition) is 1. The molecule has 0 rings (SSSR count). The van der Waals surface area contributed by atoms with Gasteiger partial charge < -0.3 is 9.80 Å². The number of hydrogen-bond acceptors (Lipinski definition) is 3. The molecule has 0 saturated carbocycles. The van der Waals surface area contributed by atoms with E-state index in [9.17, 15) is 0 Å². The van der Waals surface area contributed by atoms with Crippen LogP contribution >= 0.6 is 12.6 Å². The Morgan fingerprint density at radius 3 is 2.27 bits per heavy atom. The highest BCUT2D eigenvalue weighted by Crippen LogP contribution is 2.09. The minimum Gasteiger partial charge on any atom is -0.309 e. The maximum absolute atomic E-state index is 4.41. The topological polar surface area (TPSA) is 6.48 Å². The van der Waals surface area contributed by atoms with Crippen LogP contribution in [0, 0.1) is 5.92 Å². The Hall–Kier alpha value is 0.270. The van der Waals surface area contributed by atoms with E-state index >= 15 is 0 Å². The van der Waals surface area contributed by atoms with Crippen LogP contribution in [0.3, 0.4) is 0 Å². The minimum atomic E-state index is 0.766. The molecule has 0 radical (unpaired) electrons. The van der Waals surface area contributed by atoms with Crippen molar-refractivity contribution in [2.24, 2.45) is 5.92 Å². The molecule has 0 spiro atoms. The highest BCUT2D eigenvalue weighted by atomic mass is 32.1. The van der Waals surface area contributed by atoms with E-state index in [0.717, 1.165) is 11.7 Å². The molecule has 1 atom stereocenters. The van der Waals surface area contributed by atoms with Gasteiger partial charge in [0.15, 0.2) is 0 Å². The molecule has 3 heteroatoms. The van der Waals surface area contributed by atoms with Gasteiger partial charge in [0.2, 0.25) is 0 Å². The molecule has 0 aliphatic heterocycles. The molecule has 0 aliphatic rings. The predicted molar refractivity (Wildman–Crippen MR) is 72.9 cm³/mol. The standard InChI is InChI=1S/C12H28N2S/c1-5-7-12(11-15)10-14(4)9-6-8-13(2)3/h12,15H,5-11H2,1-4H3. The summed E-state index contributed by atoms with van der Waals surface area (Å²) in [6.45, 7) is 5.84. The Balaban J connectivity index is 3.56. The van der Waals surface area contributed by atoms with E-state index < -0.39 is 0 Å². The van der Waals surface area contributed by atoms with Gasteiger partial charge in [0.1, 0.15) is 0 Å². The molecule has 0 aliphatic carbocycles. The van der Waals surface area contributed by atoms with Gasteiger partial charge in [-0.25, -0.2) is 0 Å². The van der Waals surface area contributed by atoms with Crippen molar-refractivity contribution in [2.45, 2.75) is 26.2 Å². The van der Waals surface area contributed by atoms with Gasteiger partial charge in [-0.2, -0.15) is 12.6 Å². The van der Waals surface area contributed by atoms with Crippen molar-refractivity contribution in [3.05, 3.63) is 0 Å². The third-order valence-corrected chi connectivity index (χ3v) is 3.19. The summed E-state index contributed by atoms with van der Waals surface area (Å²) in [5.41, 5.74) is 0. The number of thiol groups is 1. The van der Waals surface area contributed by atoms with Crippen LogP contribution in [0.15, 0.2) is 0 Å². The monoisotopic (exact) mass is 232 g/mol. The van der Waals surface area contributed by atoms with E-state index in [1.54, 1.807) is 0 Å². The first-order valence-electron chi connectivity index (χ1n) is 6.04. The zero-order valence-corrected chi connectivity index (χ0v) is 11.8. The van der Waals surface area contributed by atoms with Crippen molar-refractivity contribution in [1.82, 2.24) is 9.80 Å². The Bertz CT molecular complexity index is 140. The first kappa shape index (κ1) is 15.3. The Kier molecular flexibility index (Phi) is 9.66. The van der Waals surface area contributed by atoms with E-state index in [1.165, 1.54) is 38.9 Å². The van der Waals surface area contributed by atoms with Gasteiger partial charge in [0, 0.05) is 6.54 Å². The van der Waals surface area contributed by atoms with Crippen molar-refractivity contribution < 1.29 is 0 Å². The highest BCUT2D eigenvalue weighted by Gasteiger charge is 2.08. The molecular formula is C12H28N2S. The summed E-state index contributed by atoms with van der Waals surface area (Å²) in [6.07, 6.45) is 3.84. The number of nitrogens with zero attached hydrogens (tertiary/aromatic N) is 2. The van der Waals surface area contributed by atoms with Gasteiger partial charge in [-0.3, -0.25) is 0 Å². The third kappa shape index (κ3) is 9.21. The van der Waals surface area contributed by atoms with Crippen molar-refractivity contribution in [3.8, 4) is 0 Å². The quantitative estimate of drug-likeness (QED) is 0.609. The van der Waals surface area contributed by atoms with Crippen molar-refractivity contribution >= 4 is 12.6 Å². The molecule has 0 saturated heterocycles. The molecule has 0 bridgehead atoms. The van der Waals surface area contributed by atoms with Crippen LogP contribution in [0.5, 0.6) is 0 Å². The summed E-state index contributed by atoms with van der Waals surface area (Å²) in [5.74, 6) is 1.79. The highest BCUT2D eigenvalue weighted by molar-refractivity contribution is 7.80. The molecule has 0 aromatic rings. The second-order valence-electron chi connectivity index (χ2n) is 4.76. The maximum Gasteiger partial charge on any atom is 0.00144 e. The number of rotatable bonds is 9. The largest absolute Gasteiger partial charge is 0.309 e. The van der Waals surface area contributed by atoms with Gasteiger partial charge in [-0.05, 0) is 58.7 Å². The normalized spacial score (nSPS) is 13.8. The van der Waals surface area contributed by atoms with E-state index in [0.29, 0.717) is 0 Å². The van der Waals surface area contributed by atoms with Crippen LogP contribution in [0.4, 0.5) is 0 Å². The van der Waals surface area contributed by atoms with Crippen LogP contribution in [-0.4, -0.2) is 56.3 Å². The second kappa shape index (κ2) is 9.49. The fourth-order valence-corrected chi connectivity index (χ4v) is 2.14. The fraction of sp³-hybridized carbons (Fsp3) is 1.00. The van der Waals surface area contributed by atoms with Crippen LogP contribution in [0.2, 0.25) is 0 Å². The minimum absolute atomic E-state index is 0.766. The van der Waals surface area contributed by atoms with E-state index in [-0.39, 0.29) is 0 Å². The van der Waals surface area contributed by atoms with Crippen LogP contribution in [-0.2, 0) is 0 Å². The summed E-state index contributed by atoms with van der Waals surface area (Å²) >= 11 is 4.41. The van der Waals surface area contributed by atoms with Crippen LogP contribution < -0.4 is 0 Å². The zero-order chi connectivity index (χ0) is 11.7. The average Bonchev–Trinajstić information content (AvgIpc) is 2.16. The summed E-state index contributed by atoms with van der Waals surface area (Å²) in [4.78, 5) is 4.69. The lowest BCUT2D eigenvalue weighted by atomic mass is 10.1. The predicted octanol–water partition coefficient (Wildman–Crippen LogP) is 2.22. The summed E-state index contributed by atoms with van der Waals surface area (Å²) in [5, 5.41) is 0. The maximum atomic E-state index is 4.41. The second-order valence-corrected chi connectivity index (χ2v) is 5.12. The molecule has 0 heterocycles. The Morgan fingerprint density at radius 2 is 1.80 bits per heavy atom. The SMILES string of the molecule is CCCC(CS)CN(C)CCCN(C)C. The Morgan fingerprint density at radius 1 is 1.13 bits per heavy atom. The summed E-state index contributed by atoms with van der Waals surface area (Å²) in [7, 11) is 6.49. The van der Waals surface area contributed by atoms with Crippen LogP contribution in [0.25, 0.3) is 0 Å². The molecule has 0 amide bonds. The molecule has 1 unspecified atom stereocenters.